The Kier molecular flexibility index (Phi) is 5.07. The van der Waals surface area contributed by atoms with Gasteiger partial charge >= 0.3 is 0 Å². The molecule has 0 aliphatic heterocycles. The molecule has 0 aliphatic rings. The molecule has 0 aromatic heterocycles. The van der Waals surface area contributed by atoms with Gasteiger partial charge in [-0.05, 0) is 64.4 Å². The summed E-state index contributed by atoms with van der Waals surface area (Å²) in [6, 6.07) is 13.9. The molecule has 2 aromatic rings. The van der Waals surface area contributed by atoms with Crippen LogP contribution in [0, 0.1) is 3.57 Å². The highest BCUT2D eigenvalue weighted by Crippen LogP contribution is 2.24. The van der Waals surface area contributed by atoms with Crippen molar-refractivity contribution in [2.45, 2.75) is 12.5 Å². The van der Waals surface area contributed by atoms with E-state index in [0.717, 1.165) is 26.3 Å². The van der Waals surface area contributed by atoms with Gasteiger partial charge in [-0.15, -0.1) is 0 Å². The van der Waals surface area contributed by atoms with E-state index >= 15 is 0 Å². The highest BCUT2D eigenvalue weighted by molar-refractivity contribution is 14.1. The first kappa shape index (κ1) is 14.6. The molecule has 100 valence electrons. The Hall–Kier alpha value is -0.780. The number of benzene rings is 2. The number of hydrogen-bond acceptors (Lipinski definition) is 2. The number of nitrogens with two attached hydrogens (primary N) is 1. The first-order chi connectivity index (χ1) is 9.10. The van der Waals surface area contributed by atoms with Crippen LogP contribution in [0.25, 0.3) is 0 Å². The minimum absolute atomic E-state index is 0.0529. The van der Waals surface area contributed by atoms with Crippen LogP contribution in [0.4, 0.5) is 0 Å². The molecule has 2 nitrogen and oxygen atoms in total. The van der Waals surface area contributed by atoms with Crippen molar-refractivity contribution in [3.05, 3.63) is 62.2 Å². The number of ether oxygens (including phenoxy) is 1. The van der Waals surface area contributed by atoms with Crippen LogP contribution < -0.4 is 10.5 Å². The SMILES string of the molecule is COc1ccc(CC(N)c2ccc(I)c(Cl)c2)cc1. The number of methoxy groups -OCH3 is 1. The Balaban J connectivity index is 2.10. The second-order valence-electron chi connectivity index (χ2n) is 4.33. The van der Waals surface area contributed by atoms with Gasteiger partial charge in [-0.2, -0.15) is 0 Å². The summed E-state index contributed by atoms with van der Waals surface area (Å²) in [5, 5.41) is 0.753. The van der Waals surface area contributed by atoms with Gasteiger partial charge in [0.05, 0.1) is 12.1 Å². The summed E-state index contributed by atoms with van der Waals surface area (Å²) in [6.45, 7) is 0. The van der Waals surface area contributed by atoms with E-state index in [1.165, 1.54) is 5.56 Å². The van der Waals surface area contributed by atoms with Crippen LogP contribution >= 0.6 is 34.2 Å². The first-order valence-corrected chi connectivity index (χ1v) is 7.39. The van der Waals surface area contributed by atoms with E-state index in [1.54, 1.807) is 7.11 Å². The van der Waals surface area contributed by atoms with Crippen molar-refractivity contribution in [2.24, 2.45) is 5.73 Å². The van der Waals surface area contributed by atoms with Gasteiger partial charge in [0.25, 0.3) is 0 Å². The maximum absolute atomic E-state index is 6.22. The van der Waals surface area contributed by atoms with Crippen molar-refractivity contribution >= 4 is 34.2 Å². The van der Waals surface area contributed by atoms with Crippen LogP contribution in [0.1, 0.15) is 17.2 Å². The fourth-order valence-corrected chi connectivity index (χ4v) is 2.40. The molecule has 2 rings (SSSR count). The predicted molar refractivity (Wildman–Crippen MR) is 87.8 cm³/mol. The Labute approximate surface area is 132 Å². The maximum atomic E-state index is 6.22. The van der Waals surface area contributed by atoms with Crippen LogP contribution in [0.5, 0.6) is 5.75 Å². The van der Waals surface area contributed by atoms with Gasteiger partial charge in [-0.1, -0.05) is 29.8 Å². The van der Waals surface area contributed by atoms with Crippen LogP contribution in [-0.4, -0.2) is 7.11 Å². The zero-order valence-corrected chi connectivity index (χ0v) is 13.5. The fourth-order valence-electron chi connectivity index (χ4n) is 1.88. The Morgan fingerprint density at radius 2 is 1.89 bits per heavy atom. The van der Waals surface area contributed by atoms with Crippen LogP contribution in [0.15, 0.2) is 42.5 Å². The van der Waals surface area contributed by atoms with Gasteiger partial charge in [0, 0.05) is 9.61 Å². The molecular formula is C15H15ClINO. The smallest absolute Gasteiger partial charge is 0.118 e. The van der Waals surface area contributed by atoms with Crippen molar-refractivity contribution in [1.29, 1.82) is 0 Å². The molecule has 0 saturated carbocycles. The van der Waals surface area contributed by atoms with Crippen molar-refractivity contribution < 1.29 is 4.74 Å². The molecule has 0 spiro atoms. The summed E-state index contributed by atoms with van der Waals surface area (Å²) < 4.78 is 6.18. The summed E-state index contributed by atoms with van der Waals surface area (Å²) in [5.41, 5.74) is 8.46. The topological polar surface area (TPSA) is 35.2 Å². The second kappa shape index (κ2) is 6.59. The van der Waals surface area contributed by atoms with Crippen molar-refractivity contribution in [1.82, 2.24) is 0 Å². The lowest BCUT2D eigenvalue weighted by molar-refractivity contribution is 0.414. The zero-order valence-electron chi connectivity index (χ0n) is 10.6. The third-order valence-corrected chi connectivity index (χ3v) is 4.56. The van der Waals surface area contributed by atoms with Crippen molar-refractivity contribution in [3.63, 3.8) is 0 Å². The minimum Gasteiger partial charge on any atom is -0.497 e. The molecule has 0 heterocycles. The summed E-state index contributed by atoms with van der Waals surface area (Å²) in [5.74, 6) is 0.856. The van der Waals surface area contributed by atoms with Crippen molar-refractivity contribution in [3.8, 4) is 5.75 Å². The Morgan fingerprint density at radius 3 is 2.47 bits per heavy atom. The molecule has 0 fully saturated rings. The van der Waals surface area contributed by atoms with Gasteiger partial charge < -0.3 is 10.5 Å². The van der Waals surface area contributed by atoms with E-state index in [9.17, 15) is 0 Å². The molecule has 0 saturated heterocycles. The third kappa shape index (κ3) is 3.84. The van der Waals surface area contributed by atoms with Gasteiger partial charge in [0.15, 0.2) is 0 Å². The van der Waals surface area contributed by atoms with E-state index in [2.05, 4.69) is 22.6 Å². The molecule has 0 amide bonds. The predicted octanol–water partition coefficient (Wildman–Crippen LogP) is 4.20. The molecule has 1 unspecified atom stereocenters. The van der Waals surface area contributed by atoms with E-state index in [0.29, 0.717) is 0 Å². The second-order valence-corrected chi connectivity index (χ2v) is 5.90. The fraction of sp³-hybridized carbons (Fsp3) is 0.200. The van der Waals surface area contributed by atoms with Gasteiger partial charge in [0.2, 0.25) is 0 Å². The molecule has 4 heteroatoms. The lowest BCUT2D eigenvalue weighted by Crippen LogP contribution is -2.13. The molecule has 1 atom stereocenters. The zero-order chi connectivity index (χ0) is 13.8. The monoisotopic (exact) mass is 387 g/mol. The van der Waals surface area contributed by atoms with Gasteiger partial charge in [0.1, 0.15) is 5.75 Å². The van der Waals surface area contributed by atoms with Crippen molar-refractivity contribution in [2.75, 3.05) is 7.11 Å². The van der Waals surface area contributed by atoms with Crippen LogP contribution in [0.2, 0.25) is 5.02 Å². The average molecular weight is 388 g/mol. The average Bonchev–Trinajstić information content (AvgIpc) is 2.42. The summed E-state index contributed by atoms with van der Waals surface area (Å²) in [6.07, 6.45) is 0.779. The Bertz CT molecular complexity index is 557. The molecule has 2 N–H and O–H groups in total. The molecule has 0 aliphatic carbocycles. The van der Waals surface area contributed by atoms with Crippen LogP contribution in [0.3, 0.4) is 0 Å². The molecule has 19 heavy (non-hydrogen) atoms. The summed E-state index contributed by atoms with van der Waals surface area (Å²) in [4.78, 5) is 0. The number of halogens is 2. The highest BCUT2D eigenvalue weighted by Gasteiger charge is 2.09. The van der Waals surface area contributed by atoms with E-state index in [1.807, 2.05) is 42.5 Å². The highest BCUT2D eigenvalue weighted by atomic mass is 127. The molecule has 0 radical (unpaired) electrons. The lowest BCUT2D eigenvalue weighted by atomic mass is 10.00. The molecule has 2 aromatic carbocycles. The summed E-state index contributed by atoms with van der Waals surface area (Å²) in [7, 11) is 1.66. The lowest BCUT2D eigenvalue weighted by Gasteiger charge is -2.13. The molecular weight excluding hydrogens is 373 g/mol. The normalized spacial score (nSPS) is 12.2. The number of rotatable bonds is 4. The first-order valence-electron chi connectivity index (χ1n) is 5.93. The van der Waals surface area contributed by atoms with E-state index in [-0.39, 0.29) is 6.04 Å². The minimum atomic E-state index is -0.0529. The number of hydrogen-bond donors (Lipinski definition) is 1. The maximum Gasteiger partial charge on any atom is 0.118 e. The van der Waals surface area contributed by atoms with E-state index < -0.39 is 0 Å². The Morgan fingerprint density at radius 1 is 1.21 bits per heavy atom. The quantitative estimate of drug-likeness (QED) is 0.798. The summed E-state index contributed by atoms with van der Waals surface area (Å²) >= 11 is 8.33. The molecule has 0 bridgehead atoms. The van der Waals surface area contributed by atoms with E-state index in [4.69, 9.17) is 22.1 Å². The largest absolute Gasteiger partial charge is 0.497 e. The van der Waals surface area contributed by atoms with Gasteiger partial charge in [-0.25, -0.2) is 0 Å². The van der Waals surface area contributed by atoms with Gasteiger partial charge in [-0.3, -0.25) is 0 Å². The third-order valence-electron chi connectivity index (χ3n) is 2.99. The van der Waals surface area contributed by atoms with Crippen LogP contribution in [-0.2, 0) is 6.42 Å². The standard InChI is InChI=1S/C15H15ClINO/c1-19-12-5-2-10(3-6-12)8-15(18)11-4-7-14(17)13(16)9-11/h2-7,9,15H,8,18H2,1H3.